The molecule has 102 valence electrons. The Kier molecular flexibility index (Phi) is 2.93. The van der Waals surface area contributed by atoms with Crippen molar-refractivity contribution in [3.63, 3.8) is 0 Å². The number of nitrogens with one attached hydrogen (secondary N) is 1. The number of rotatable bonds is 3. The van der Waals surface area contributed by atoms with Gasteiger partial charge in [-0.25, -0.2) is 0 Å². The molecule has 18 heavy (non-hydrogen) atoms. The van der Waals surface area contributed by atoms with Crippen LogP contribution >= 0.6 is 0 Å². The fourth-order valence-electron chi connectivity index (χ4n) is 2.95. The lowest BCUT2D eigenvalue weighted by atomic mass is 9.94. The van der Waals surface area contributed by atoms with Crippen molar-refractivity contribution in [3.05, 3.63) is 0 Å². The Balaban J connectivity index is 2.04. The van der Waals surface area contributed by atoms with E-state index in [1.54, 1.807) is 0 Å². The normalized spacial score (nSPS) is 41.4. The molecular formula is C13H21NO4. The number of carbonyl (C=O) groups excluding carboxylic acids is 1. The lowest BCUT2D eigenvalue weighted by molar-refractivity contribution is -0.140. The van der Waals surface area contributed by atoms with Gasteiger partial charge in [-0.1, -0.05) is 13.8 Å². The van der Waals surface area contributed by atoms with Gasteiger partial charge >= 0.3 is 5.97 Å². The lowest BCUT2D eigenvalue weighted by Gasteiger charge is -2.29. The van der Waals surface area contributed by atoms with E-state index in [-0.39, 0.29) is 17.6 Å². The van der Waals surface area contributed by atoms with Crippen molar-refractivity contribution in [1.29, 1.82) is 0 Å². The molecule has 0 spiro atoms. The van der Waals surface area contributed by atoms with E-state index >= 15 is 0 Å². The summed E-state index contributed by atoms with van der Waals surface area (Å²) in [5.41, 5.74) is -0.826. The summed E-state index contributed by atoms with van der Waals surface area (Å²) >= 11 is 0. The van der Waals surface area contributed by atoms with E-state index in [4.69, 9.17) is 9.84 Å². The fourth-order valence-corrected chi connectivity index (χ4v) is 2.95. The van der Waals surface area contributed by atoms with Crippen molar-refractivity contribution in [2.45, 2.75) is 45.8 Å². The molecule has 2 unspecified atom stereocenters. The summed E-state index contributed by atoms with van der Waals surface area (Å²) in [4.78, 5) is 23.3. The highest BCUT2D eigenvalue weighted by Gasteiger charge is 2.66. The van der Waals surface area contributed by atoms with E-state index in [1.807, 2.05) is 27.7 Å². The van der Waals surface area contributed by atoms with Crippen molar-refractivity contribution >= 4 is 11.9 Å². The van der Waals surface area contributed by atoms with Gasteiger partial charge in [0.2, 0.25) is 5.91 Å². The molecule has 1 saturated heterocycles. The number of carbonyl (C=O) groups is 2. The fraction of sp³-hybridized carbons (Fsp3) is 0.846. The van der Waals surface area contributed by atoms with Crippen LogP contribution in [0.15, 0.2) is 0 Å². The predicted octanol–water partition coefficient (Wildman–Crippen LogP) is 1.03. The van der Waals surface area contributed by atoms with Crippen LogP contribution in [0, 0.1) is 17.3 Å². The number of hydrogen-bond acceptors (Lipinski definition) is 3. The maximum absolute atomic E-state index is 12.2. The van der Waals surface area contributed by atoms with Gasteiger partial charge in [0.25, 0.3) is 0 Å². The molecule has 2 N–H and O–H groups in total. The minimum absolute atomic E-state index is 0.0356. The zero-order valence-electron chi connectivity index (χ0n) is 11.3. The average molecular weight is 255 g/mol. The highest BCUT2D eigenvalue weighted by molar-refractivity contribution is 5.92. The first kappa shape index (κ1) is 13.3. The zero-order valence-corrected chi connectivity index (χ0v) is 11.3. The Morgan fingerprint density at radius 2 is 1.89 bits per heavy atom. The topological polar surface area (TPSA) is 75.6 Å². The number of carboxylic acid groups (broad SMARTS) is 1. The summed E-state index contributed by atoms with van der Waals surface area (Å²) in [6.07, 6.45) is 0.733. The van der Waals surface area contributed by atoms with Gasteiger partial charge in [0, 0.05) is 6.61 Å². The smallest absolute Gasteiger partial charge is 0.307 e. The van der Waals surface area contributed by atoms with Gasteiger partial charge in [-0.15, -0.1) is 0 Å². The molecule has 2 aliphatic rings. The van der Waals surface area contributed by atoms with E-state index in [1.165, 1.54) is 0 Å². The van der Waals surface area contributed by atoms with Gasteiger partial charge in [-0.2, -0.15) is 0 Å². The lowest BCUT2D eigenvalue weighted by Crippen LogP contribution is -2.51. The molecule has 1 heterocycles. The zero-order chi connectivity index (χ0) is 13.7. The van der Waals surface area contributed by atoms with Crippen molar-refractivity contribution in [1.82, 2.24) is 5.32 Å². The van der Waals surface area contributed by atoms with Crippen LogP contribution in [0.3, 0.4) is 0 Å². The molecule has 2 fully saturated rings. The third-order valence-corrected chi connectivity index (χ3v) is 4.67. The van der Waals surface area contributed by atoms with E-state index < -0.39 is 23.2 Å². The predicted molar refractivity (Wildman–Crippen MR) is 65.0 cm³/mol. The second-order valence-corrected chi connectivity index (χ2v) is 6.28. The standard InChI is InChI=1S/C13H21NO4/c1-7-13(4,5-6-18-7)14-10(15)8-9(11(16)17)12(8,2)3/h7-9H,5-6H2,1-4H3,(H,14,15)(H,16,17)/t7?,8-,9+,13?/m1/s1. The molecule has 0 radical (unpaired) electrons. The summed E-state index contributed by atoms with van der Waals surface area (Å²) in [5, 5.41) is 12.1. The minimum Gasteiger partial charge on any atom is -0.481 e. The third kappa shape index (κ3) is 1.90. The number of aliphatic carboxylic acids is 1. The quantitative estimate of drug-likeness (QED) is 0.789. The summed E-state index contributed by atoms with van der Waals surface area (Å²) in [5.74, 6) is -2.05. The molecule has 0 bridgehead atoms. The summed E-state index contributed by atoms with van der Waals surface area (Å²) < 4.78 is 5.46. The monoisotopic (exact) mass is 255 g/mol. The average Bonchev–Trinajstić information content (AvgIpc) is 2.67. The van der Waals surface area contributed by atoms with Gasteiger partial charge in [0.1, 0.15) is 0 Å². The van der Waals surface area contributed by atoms with Gasteiger partial charge in [-0.3, -0.25) is 9.59 Å². The van der Waals surface area contributed by atoms with Crippen LogP contribution in [-0.2, 0) is 14.3 Å². The first-order valence-electron chi connectivity index (χ1n) is 6.36. The van der Waals surface area contributed by atoms with Crippen LogP contribution in [0.25, 0.3) is 0 Å². The summed E-state index contributed by atoms with van der Waals surface area (Å²) in [6.45, 7) is 8.17. The van der Waals surface area contributed by atoms with Crippen LogP contribution in [0.5, 0.6) is 0 Å². The van der Waals surface area contributed by atoms with Crippen molar-refractivity contribution in [3.8, 4) is 0 Å². The number of amides is 1. The van der Waals surface area contributed by atoms with Crippen molar-refractivity contribution in [2.75, 3.05) is 6.61 Å². The number of carboxylic acids is 1. The maximum Gasteiger partial charge on any atom is 0.307 e. The highest BCUT2D eigenvalue weighted by atomic mass is 16.5. The first-order chi connectivity index (χ1) is 8.20. The molecular weight excluding hydrogens is 234 g/mol. The second kappa shape index (κ2) is 3.95. The molecule has 5 nitrogen and oxygen atoms in total. The Labute approximate surface area is 107 Å². The molecule has 4 atom stereocenters. The Morgan fingerprint density at radius 1 is 1.28 bits per heavy atom. The van der Waals surface area contributed by atoms with Crippen LogP contribution < -0.4 is 5.32 Å². The van der Waals surface area contributed by atoms with E-state index in [0.29, 0.717) is 6.61 Å². The Morgan fingerprint density at radius 3 is 2.28 bits per heavy atom. The molecule has 0 aromatic rings. The molecule has 1 aliphatic carbocycles. The molecule has 2 rings (SSSR count). The highest BCUT2D eigenvalue weighted by Crippen LogP contribution is 2.58. The second-order valence-electron chi connectivity index (χ2n) is 6.28. The first-order valence-corrected chi connectivity index (χ1v) is 6.36. The Hall–Kier alpha value is -1.10. The number of hydrogen-bond donors (Lipinski definition) is 2. The molecule has 5 heteroatoms. The van der Waals surface area contributed by atoms with Crippen LogP contribution in [-0.4, -0.2) is 35.2 Å². The van der Waals surface area contributed by atoms with Gasteiger partial charge in [-0.05, 0) is 25.7 Å². The van der Waals surface area contributed by atoms with Crippen molar-refractivity contribution in [2.24, 2.45) is 17.3 Å². The van der Waals surface area contributed by atoms with E-state index in [9.17, 15) is 9.59 Å². The van der Waals surface area contributed by atoms with E-state index in [0.717, 1.165) is 6.42 Å². The largest absolute Gasteiger partial charge is 0.481 e. The summed E-state index contributed by atoms with van der Waals surface area (Å²) in [7, 11) is 0. The Bertz CT molecular complexity index is 392. The van der Waals surface area contributed by atoms with Gasteiger partial charge in [0.05, 0.1) is 23.5 Å². The molecule has 1 amide bonds. The SMILES string of the molecule is CC1OCCC1(C)NC(=O)[C@H]1[C@@H](C(=O)O)C1(C)C. The van der Waals surface area contributed by atoms with Gasteiger partial charge in [0.15, 0.2) is 0 Å². The summed E-state index contributed by atoms with van der Waals surface area (Å²) in [6, 6.07) is 0. The minimum atomic E-state index is -0.888. The van der Waals surface area contributed by atoms with Gasteiger partial charge < -0.3 is 15.2 Å². The molecule has 1 aliphatic heterocycles. The molecule has 0 aromatic heterocycles. The van der Waals surface area contributed by atoms with Crippen LogP contribution in [0.2, 0.25) is 0 Å². The molecule has 1 saturated carbocycles. The number of ether oxygens (including phenoxy) is 1. The van der Waals surface area contributed by atoms with Crippen LogP contribution in [0.4, 0.5) is 0 Å². The molecule has 0 aromatic carbocycles. The van der Waals surface area contributed by atoms with Crippen molar-refractivity contribution < 1.29 is 19.4 Å². The van der Waals surface area contributed by atoms with E-state index in [2.05, 4.69) is 5.32 Å². The maximum atomic E-state index is 12.2. The third-order valence-electron chi connectivity index (χ3n) is 4.67. The van der Waals surface area contributed by atoms with Crippen LogP contribution in [0.1, 0.15) is 34.1 Å².